The fraction of sp³-hybridized carbons (Fsp3) is 0. The van der Waals surface area contributed by atoms with E-state index in [1.807, 2.05) is 0 Å². The smallest absolute Gasteiger partial charge is 0.143 e. The maximum Gasteiger partial charge on any atom is 0.143 e. The van der Waals surface area contributed by atoms with Crippen LogP contribution in [0.3, 0.4) is 0 Å². The Kier molecular flexibility index (Phi) is 7.63. The molecule has 0 amide bonds. The number of benzene rings is 9. The molecule has 5 heteroatoms. The minimum Gasteiger partial charge on any atom is -0.455 e. The van der Waals surface area contributed by atoms with E-state index in [1.54, 1.807) is 0 Å². The third-order valence-corrected chi connectivity index (χ3v) is 13.1. The summed E-state index contributed by atoms with van der Waals surface area (Å²) >= 11 is 0. The van der Waals surface area contributed by atoms with E-state index in [9.17, 15) is 0 Å². The van der Waals surface area contributed by atoms with Crippen molar-refractivity contribution >= 4 is 107 Å². The fourth-order valence-corrected chi connectivity index (χ4v) is 10.5. The number of para-hydroxylation sites is 3. The lowest BCUT2D eigenvalue weighted by Crippen LogP contribution is -2.10. The molecular weight excluding hydrogens is 738 g/mol. The fourth-order valence-electron chi connectivity index (χ4n) is 9.24. The molecule has 3 aromatic heterocycles. The predicted octanol–water partition coefficient (Wildman–Crippen LogP) is 13.2. The number of hydrogen-bond donors (Lipinski definition) is 1. The van der Waals surface area contributed by atoms with Crippen molar-refractivity contribution in [3.05, 3.63) is 200 Å². The van der Waals surface area contributed by atoms with Crippen molar-refractivity contribution in [1.29, 1.82) is 0 Å². The number of nitrogens with two attached hydrogens (primary N) is 1. The summed E-state index contributed by atoms with van der Waals surface area (Å²) in [4.78, 5) is 0. The van der Waals surface area contributed by atoms with Crippen LogP contribution in [0, 0.1) is 0 Å². The van der Waals surface area contributed by atoms with Crippen molar-refractivity contribution in [2.45, 2.75) is 0 Å². The average molecular weight is 774 g/mol. The molecular formula is C54H36N3OP. The molecule has 0 bridgehead atoms. The lowest BCUT2D eigenvalue weighted by Gasteiger charge is -2.12. The van der Waals surface area contributed by atoms with Gasteiger partial charge in [-0.15, -0.1) is 0 Å². The van der Waals surface area contributed by atoms with Crippen LogP contribution in [0.15, 0.2) is 199 Å². The first-order valence-electron chi connectivity index (χ1n) is 20.0. The van der Waals surface area contributed by atoms with E-state index in [4.69, 9.17) is 10.2 Å². The van der Waals surface area contributed by atoms with Crippen LogP contribution in [0.2, 0.25) is 0 Å². The zero-order valence-corrected chi connectivity index (χ0v) is 32.9. The lowest BCUT2D eigenvalue weighted by molar-refractivity contribution is 0.670. The van der Waals surface area contributed by atoms with Crippen molar-refractivity contribution < 1.29 is 4.42 Å². The van der Waals surface area contributed by atoms with Gasteiger partial charge < -0.3 is 14.7 Å². The third kappa shape index (κ3) is 5.34. The van der Waals surface area contributed by atoms with Crippen molar-refractivity contribution in [1.82, 2.24) is 9.13 Å². The molecule has 0 radical (unpaired) electrons. The van der Waals surface area contributed by atoms with Gasteiger partial charge in [-0.05, 0) is 99.2 Å². The lowest BCUT2D eigenvalue weighted by atomic mass is 10.0. The zero-order chi connectivity index (χ0) is 39.0. The van der Waals surface area contributed by atoms with Crippen LogP contribution in [-0.2, 0) is 0 Å². The molecule has 12 aromatic rings. The summed E-state index contributed by atoms with van der Waals surface area (Å²) in [6.45, 7) is 0. The summed E-state index contributed by atoms with van der Waals surface area (Å²) in [5.74, 6) is 0.674. The molecule has 0 aliphatic rings. The van der Waals surface area contributed by atoms with Crippen molar-refractivity contribution in [2.75, 3.05) is 0 Å². The van der Waals surface area contributed by atoms with Crippen LogP contribution in [0.1, 0.15) is 5.56 Å². The molecule has 59 heavy (non-hydrogen) atoms. The average Bonchev–Trinajstić information content (AvgIpc) is 3.94. The van der Waals surface area contributed by atoms with Gasteiger partial charge in [-0.2, -0.15) is 0 Å². The first kappa shape index (κ1) is 33.7. The second-order valence-corrected chi connectivity index (χ2v) is 16.6. The molecule has 0 aliphatic heterocycles. The molecule has 12 rings (SSSR count). The highest BCUT2D eigenvalue weighted by Gasteiger charge is 2.21. The molecule has 0 spiro atoms. The first-order chi connectivity index (χ1) is 29.2. The van der Waals surface area contributed by atoms with Gasteiger partial charge in [0.25, 0.3) is 0 Å². The summed E-state index contributed by atoms with van der Waals surface area (Å²) in [5, 5.41) is 11.9. The standard InChI is InChI=1S/C54H36N3OP/c55-51(57-46-25-13-11-23-41(46)53-48(57)28-27-47-52(53)40-22-10-12-24-45(40)56(47)38-20-5-2-6-21-38)31-37-19-9-14-26-50(37)59-39-32-42(34-15-3-1-4-16-34)54-44(33-39)43-29-35-17-7-8-18-36(35)30-49(43)58-54/h1-33,59H,55H2/b51-31+. The number of nitrogens with zero attached hydrogens (tertiary/aromatic N) is 2. The molecule has 0 saturated heterocycles. The number of rotatable bonds is 6. The Morgan fingerprint density at radius 2 is 1.14 bits per heavy atom. The molecule has 1 unspecified atom stereocenters. The monoisotopic (exact) mass is 773 g/mol. The second kappa shape index (κ2) is 13.3. The van der Waals surface area contributed by atoms with Gasteiger partial charge in [-0.3, -0.25) is 4.57 Å². The minimum atomic E-state index is 0.383. The van der Waals surface area contributed by atoms with Gasteiger partial charge in [0.2, 0.25) is 0 Å². The number of furan rings is 1. The topological polar surface area (TPSA) is 49.0 Å². The van der Waals surface area contributed by atoms with Crippen LogP contribution in [-0.4, -0.2) is 9.13 Å². The maximum atomic E-state index is 7.30. The Labute approximate surface area is 341 Å². The Bertz CT molecular complexity index is 3650. The third-order valence-electron chi connectivity index (χ3n) is 11.8. The summed E-state index contributed by atoms with van der Waals surface area (Å²) in [6, 6.07) is 69.3. The van der Waals surface area contributed by atoms with Gasteiger partial charge in [0.1, 0.15) is 17.0 Å². The van der Waals surface area contributed by atoms with Gasteiger partial charge in [0, 0.05) is 43.6 Å². The summed E-state index contributed by atoms with van der Waals surface area (Å²) in [5.41, 5.74) is 18.1. The Hall–Kier alpha value is -7.39. The van der Waals surface area contributed by atoms with Crippen LogP contribution < -0.4 is 16.3 Å². The van der Waals surface area contributed by atoms with E-state index in [1.165, 1.54) is 54.0 Å². The molecule has 2 N–H and O–H groups in total. The molecule has 0 saturated carbocycles. The second-order valence-electron chi connectivity index (χ2n) is 15.2. The Morgan fingerprint density at radius 3 is 1.95 bits per heavy atom. The zero-order valence-electron chi connectivity index (χ0n) is 31.9. The summed E-state index contributed by atoms with van der Waals surface area (Å²) in [6.07, 6.45) is 2.15. The molecule has 0 aliphatic carbocycles. The number of fused-ring (bicyclic) bond motifs is 11. The molecule has 0 fully saturated rings. The minimum absolute atomic E-state index is 0.383. The van der Waals surface area contributed by atoms with Crippen molar-refractivity contribution in [3.63, 3.8) is 0 Å². The van der Waals surface area contributed by atoms with E-state index >= 15 is 0 Å². The van der Waals surface area contributed by atoms with Gasteiger partial charge in [0.15, 0.2) is 0 Å². The summed E-state index contributed by atoms with van der Waals surface area (Å²) < 4.78 is 11.3. The quantitative estimate of drug-likeness (QED) is 0.171. The van der Waals surface area contributed by atoms with E-state index in [0.717, 1.165) is 55.3 Å². The number of aromatic nitrogens is 2. The van der Waals surface area contributed by atoms with Crippen LogP contribution in [0.25, 0.3) is 105 Å². The van der Waals surface area contributed by atoms with Gasteiger partial charge in [-0.1, -0.05) is 142 Å². The molecule has 4 nitrogen and oxygen atoms in total. The van der Waals surface area contributed by atoms with Crippen LogP contribution in [0.4, 0.5) is 0 Å². The van der Waals surface area contributed by atoms with E-state index in [2.05, 4.69) is 209 Å². The highest BCUT2D eigenvalue weighted by Crippen LogP contribution is 2.42. The van der Waals surface area contributed by atoms with E-state index in [0.29, 0.717) is 14.4 Å². The van der Waals surface area contributed by atoms with Gasteiger partial charge >= 0.3 is 0 Å². The Morgan fingerprint density at radius 1 is 0.508 bits per heavy atom. The largest absolute Gasteiger partial charge is 0.455 e. The maximum absolute atomic E-state index is 7.30. The molecule has 1 atom stereocenters. The predicted molar refractivity (Wildman–Crippen MR) is 253 cm³/mol. The van der Waals surface area contributed by atoms with Gasteiger partial charge in [-0.25, -0.2) is 0 Å². The van der Waals surface area contributed by atoms with Gasteiger partial charge in [0.05, 0.1) is 22.1 Å². The first-order valence-corrected chi connectivity index (χ1v) is 21.0. The number of hydrogen-bond acceptors (Lipinski definition) is 2. The highest BCUT2D eigenvalue weighted by molar-refractivity contribution is 7.55. The van der Waals surface area contributed by atoms with Crippen molar-refractivity contribution in [3.8, 4) is 16.8 Å². The van der Waals surface area contributed by atoms with E-state index < -0.39 is 0 Å². The summed E-state index contributed by atoms with van der Waals surface area (Å²) in [7, 11) is 0.383. The van der Waals surface area contributed by atoms with Crippen molar-refractivity contribution in [2.24, 2.45) is 5.73 Å². The highest BCUT2D eigenvalue weighted by atomic mass is 31.1. The van der Waals surface area contributed by atoms with Crippen LogP contribution in [0.5, 0.6) is 0 Å². The Balaban J connectivity index is 1.02. The molecule has 278 valence electrons. The SMILES string of the molecule is N/C(=C\c1ccccc1Pc1cc(-c2ccccc2)c2oc3cc4ccccc4cc3c2c1)n1c2ccccc2c2c3c4ccccc4n(-c4ccccc4)c3ccc21. The van der Waals surface area contributed by atoms with Crippen LogP contribution >= 0.6 is 8.58 Å². The normalized spacial score (nSPS) is 12.5. The molecule has 3 heterocycles. The molecule has 9 aromatic carbocycles. The van der Waals surface area contributed by atoms with E-state index in [-0.39, 0.29) is 0 Å².